The summed E-state index contributed by atoms with van der Waals surface area (Å²) in [4.78, 5) is 26.0. The van der Waals surface area contributed by atoms with E-state index in [-0.39, 0.29) is 18.4 Å². The highest BCUT2D eigenvalue weighted by Gasteiger charge is 2.42. The summed E-state index contributed by atoms with van der Waals surface area (Å²) in [6, 6.07) is 5.66. The molecule has 0 bridgehead atoms. The number of benzene rings is 1. The van der Waals surface area contributed by atoms with Crippen molar-refractivity contribution in [2.75, 3.05) is 11.4 Å². The third-order valence-electron chi connectivity index (χ3n) is 3.67. The van der Waals surface area contributed by atoms with E-state index in [4.69, 9.17) is 0 Å². The first-order valence-electron chi connectivity index (χ1n) is 6.27. The smallest absolute Gasteiger partial charge is 0.252 e. The second kappa shape index (κ2) is 4.96. The molecule has 1 saturated heterocycles. The van der Waals surface area contributed by atoms with E-state index in [1.165, 1.54) is 0 Å². The van der Waals surface area contributed by atoms with Crippen molar-refractivity contribution in [1.29, 1.82) is 0 Å². The molecule has 19 heavy (non-hydrogen) atoms. The van der Waals surface area contributed by atoms with Crippen molar-refractivity contribution in [3.63, 3.8) is 0 Å². The van der Waals surface area contributed by atoms with Crippen LogP contribution in [0, 0.1) is 6.92 Å². The maximum absolute atomic E-state index is 12.6. The highest BCUT2D eigenvalue weighted by Crippen LogP contribution is 2.30. The van der Waals surface area contributed by atoms with Crippen molar-refractivity contribution < 1.29 is 9.59 Å². The van der Waals surface area contributed by atoms with Crippen molar-refractivity contribution >= 4 is 33.4 Å². The first kappa shape index (κ1) is 14.1. The molecule has 1 unspecified atom stereocenters. The van der Waals surface area contributed by atoms with Crippen molar-refractivity contribution in [2.24, 2.45) is 0 Å². The monoisotopic (exact) mass is 324 g/mol. The minimum atomic E-state index is -0.815. The fourth-order valence-electron chi connectivity index (χ4n) is 2.24. The Morgan fingerprint density at radius 3 is 2.74 bits per heavy atom. The van der Waals surface area contributed by atoms with Gasteiger partial charge < -0.3 is 10.2 Å². The third kappa shape index (κ3) is 2.39. The van der Waals surface area contributed by atoms with Gasteiger partial charge in [0.15, 0.2) is 0 Å². The van der Waals surface area contributed by atoms with Crippen LogP contribution in [0.15, 0.2) is 22.7 Å². The number of rotatable bonds is 2. The number of hydrogen-bond acceptors (Lipinski definition) is 2. The summed E-state index contributed by atoms with van der Waals surface area (Å²) in [6.45, 7) is 5.68. The molecule has 1 aromatic carbocycles. The molecule has 1 aliphatic heterocycles. The molecule has 0 radical (unpaired) electrons. The van der Waals surface area contributed by atoms with Gasteiger partial charge in [0.05, 0.1) is 0 Å². The molecule has 102 valence electrons. The molecule has 0 aliphatic carbocycles. The van der Waals surface area contributed by atoms with Crippen molar-refractivity contribution in [2.45, 2.75) is 32.7 Å². The van der Waals surface area contributed by atoms with Gasteiger partial charge in [-0.3, -0.25) is 9.59 Å². The topological polar surface area (TPSA) is 49.4 Å². The van der Waals surface area contributed by atoms with Crippen LogP contribution in [0.5, 0.6) is 0 Å². The molecule has 0 spiro atoms. The number of piperazine rings is 1. The largest absolute Gasteiger partial charge is 0.340 e. The zero-order chi connectivity index (χ0) is 14.2. The molecule has 4 nitrogen and oxygen atoms in total. The van der Waals surface area contributed by atoms with Crippen LogP contribution in [-0.4, -0.2) is 23.9 Å². The van der Waals surface area contributed by atoms with Gasteiger partial charge in [-0.05, 0) is 38.0 Å². The highest BCUT2D eigenvalue weighted by atomic mass is 79.9. The third-order valence-corrected chi connectivity index (χ3v) is 4.53. The predicted octanol–water partition coefficient (Wildman–Crippen LogP) is 2.39. The molecule has 1 N–H and O–H groups in total. The molecule has 1 fully saturated rings. The fourth-order valence-corrected chi connectivity index (χ4v) is 2.59. The number of halogens is 1. The van der Waals surface area contributed by atoms with E-state index >= 15 is 0 Å². The summed E-state index contributed by atoms with van der Waals surface area (Å²) >= 11 is 3.45. The minimum Gasteiger partial charge on any atom is -0.340 e. The Labute approximate surface area is 121 Å². The van der Waals surface area contributed by atoms with Gasteiger partial charge in [0.2, 0.25) is 5.91 Å². The van der Waals surface area contributed by atoms with Crippen LogP contribution in [0.1, 0.15) is 25.8 Å². The normalized spacial score (nSPS) is 23.5. The van der Waals surface area contributed by atoms with E-state index in [0.29, 0.717) is 6.42 Å². The van der Waals surface area contributed by atoms with Crippen molar-refractivity contribution in [1.82, 2.24) is 5.32 Å². The number of nitrogens with one attached hydrogen (secondary N) is 1. The van der Waals surface area contributed by atoms with Gasteiger partial charge in [0.1, 0.15) is 12.1 Å². The van der Waals surface area contributed by atoms with Crippen LogP contribution in [0.25, 0.3) is 0 Å². The molecule has 1 heterocycles. The number of nitrogens with zero attached hydrogens (tertiary/aromatic N) is 1. The van der Waals surface area contributed by atoms with Gasteiger partial charge in [-0.2, -0.15) is 0 Å². The van der Waals surface area contributed by atoms with E-state index in [9.17, 15) is 9.59 Å². The maximum atomic E-state index is 12.6. The lowest BCUT2D eigenvalue weighted by Gasteiger charge is -2.39. The highest BCUT2D eigenvalue weighted by molar-refractivity contribution is 9.10. The molecule has 2 rings (SSSR count). The maximum Gasteiger partial charge on any atom is 0.252 e. The average molecular weight is 325 g/mol. The lowest BCUT2D eigenvalue weighted by molar-refractivity contribution is -0.135. The molecular weight excluding hydrogens is 308 g/mol. The summed E-state index contributed by atoms with van der Waals surface area (Å²) in [5.41, 5.74) is 0.933. The molecule has 5 heteroatoms. The molecular formula is C14H17BrN2O2. The van der Waals surface area contributed by atoms with Gasteiger partial charge >= 0.3 is 0 Å². The van der Waals surface area contributed by atoms with E-state index in [1.54, 1.807) is 11.8 Å². The minimum absolute atomic E-state index is 0.0594. The lowest BCUT2D eigenvalue weighted by atomic mass is 9.93. The second-order valence-corrected chi connectivity index (χ2v) is 5.86. The predicted molar refractivity (Wildman–Crippen MR) is 78.1 cm³/mol. The number of anilines is 1. The van der Waals surface area contributed by atoms with E-state index < -0.39 is 5.54 Å². The quantitative estimate of drug-likeness (QED) is 0.908. The SMILES string of the molecule is CCC1(C)NC(=O)CN(c2cccc(Br)c2C)C1=O. The molecule has 0 saturated carbocycles. The zero-order valence-corrected chi connectivity index (χ0v) is 12.9. The van der Waals surface area contributed by atoms with Gasteiger partial charge in [0, 0.05) is 10.2 Å². The summed E-state index contributed by atoms with van der Waals surface area (Å²) < 4.78 is 0.932. The zero-order valence-electron chi connectivity index (χ0n) is 11.3. The Kier molecular flexibility index (Phi) is 3.67. The van der Waals surface area contributed by atoms with Gasteiger partial charge in [-0.1, -0.05) is 28.9 Å². The summed E-state index contributed by atoms with van der Waals surface area (Å²) in [5.74, 6) is -0.181. The van der Waals surface area contributed by atoms with E-state index in [0.717, 1.165) is 15.7 Å². The Balaban J connectivity index is 2.46. The summed E-state index contributed by atoms with van der Waals surface area (Å²) in [7, 11) is 0. The number of hydrogen-bond donors (Lipinski definition) is 1. The van der Waals surface area contributed by atoms with Gasteiger partial charge in [-0.25, -0.2) is 0 Å². The number of carbonyl (C=O) groups is 2. The first-order valence-corrected chi connectivity index (χ1v) is 7.06. The second-order valence-electron chi connectivity index (χ2n) is 5.01. The first-order chi connectivity index (χ1) is 8.89. The average Bonchev–Trinajstić information content (AvgIpc) is 2.37. The fraction of sp³-hybridized carbons (Fsp3) is 0.429. The Morgan fingerprint density at radius 1 is 1.42 bits per heavy atom. The van der Waals surface area contributed by atoms with Crippen LogP contribution in [0.2, 0.25) is 0 Å². The molecule has 2 amide bonds. The lowest BCUT2D eigenvalue weighted by Crippen LogP contribution is -2.65. The van der Waals surface area contributed by atoms with Gasteiger partial charge in [-0.15, -0.1) is 0 Å². The summed E-state index contributed by atoms with van der Waals surface area (Å²) in [6.07, 6.45) is 0.571. The van der Waals surface area contributed by atoms with Crippen LogP contribution in [0.3, 0.4) is 0 Å². The molecule has 1 atom stereocenters. The van der Waals surface area contributed by atoms with Crippen molar-refractivity contribution in [3.05, 3.63) is 28.2 Å². The van der Waals surface area contributed by atoms with Gasteiger partial charge in [0.25, 0.3) is 5.91 Å². The Morgan fingerprint density at radius 2 is 2.11 bits per heavy atom. The summed E-state index contributed by atoms with van der Waals surface area (Å²) in [5, 5.41) is 2.78. The molecule has 0 aromatic heterocycles. The number of carbonyl (C=O) groups excluding carboxylic acids is 2. The molecule has 1 aliphatic rings. The Hall–Kier alpha value is -1.36. The van der Waals surface area contributed by atoms with E-state index in [1.807, 2.05) is 32.0 Å². The Bertz CT molecular complexity index is 544. The van der Waals surface area contributed by atoms with Crippen LogP contribution >= 0.6 is 15.9 Å². The van der Waals surface area contributed by atoms with E-state index in [2.05, 4.69) is 21.2 Å². The van der Waals surface area contributed by atoms with Crippen molar-refractivity contribution in [3.8, 4) is 0 Å². The van der Waals surface area contributed by atoms with Crippen LogP contribution in [0.4, 0.5) is 5.69 Å². The van der Waals surface area contributed by atoms with Crippen LogP contribution < -0.4 is 10.2 Å². The number of amides is 2. The van der Waals surface area contributed by atoms with Crippen LogP contribution in [-0.2, 0) is 9.59 Å². The standard InChI is InChI=1S/C14H17BrN2O2/c1-4-14(3)13(19)17(8-12(18)16-14)11-7-5-6-10(15)9(11)2/h5-7H,4,8H2,1-3H3,(H,16,18). The molecule has 1 aromatic rings.